The Morgan fingerprint density at radius 1 is 1.27 bits per heavy atom. The van der Waals surface area contributed by atoms with Crippen LogP contribution in [0.5, 0.6) is 0 Å². The van der Waals surface area contributed by atoms with E-state index in [0.29, 0.717) is 23.8 Å². The number of nitrogens with one attached hydrogen (secondary N) is 1. The molecule has 3 N–H and O–H groups in total. The average molecular weight is 472 g/mol. The molecule has 10 heteroatoms. The first-order valence-electron chi connectivity index (χ1n) is 11.1. The molecule has 0 aliphatic carbocycles. The molecular weight excluding hydrogens is 445 g/mol. The minimum atomic E-state index is -0.936. The maximum Gasteiger partial charge on any atom is 0.324 e. The molecule has 3 unspecified atom stereocenters. The normalized spacial score (nSPS) is 21.3. The molecule has 33 heavy (non-hydrogen) atoms. The monoisotopic (exact) mass is 471 g/mol. The van der Waals surface area contributed by atoms with Crippen LogP contribution >= 0.6 is 11.3 Å². The number of aliphatic hydroxyl groups is 2. The number of pyridine rings is 1. The summed E-state index contributed by atoms with van der Waals surface area (Å²) in [6.07, 6.45) is 3.42. The Balaban J connectivity index is 1.31. The molecule has 8 nitrogen and oxygen atoms in total. The molecule has 1 aromatic carbocycles. The number of nitrogens with zero attached hydrogens (tertiary/aromatic N) is 4. The number of thiazole rings is 1. The molecule has 3 aliphatic heterocycles. The molecule has 3 atom stereocenters. The van der Waals surface area contributed by atoms with Crippen molar-refractivity contribution in [2.24, 2.45) is 0 Å². The van der Waals surface area contributed by atoms with Crippen LogP contribution in [0, 0.1) is 5.82 Å². The van der Waals surface area contributed by atoms with E-state index in [1.807, 2.05) is 34.1 Å². The van der Waals surface area contributed by atoms with Crippen LogP contribution in [0.1, 0.15) is 24.8 Å². The van der Waals surface area contributed by atoms with Crippen LogP contribution in [-0.4, -0.2) is 69.0 Å². The zero-order valence-electron chi connectivity index (χ0n) is 18.0. The second-order valence-electron chi connectivity index (χ2n) is 8.65. The van der Waals surface area contributed by atoms with Crippen molar-refractivity contribution in [1.82, 2.24) is 14.9 Å². The predicted octanol–water partition coefficient (Wildman–Crippen LogP) is 3.00. The zero-order valence-corrected chi connectivity index (χ0v) is 18.8. The van der Waals surface area contributed by atoms with Crippen molar-refractivity contribution in [1.29, 1.82) is 0 Å². The van der Waals surface area contributed by atoms with Gasteiger partial charge in [0.1, 0.15) is 0 Å². The van der Waals surface area contributed by atoms with Gasteiger partial charge in [-0.2, -0.15) is 0 Å². The average Bonchev–Trinajstić information content (AvgIpc) is 2.96. The fraction of sp³-hybridized carbons (Fsp3) is 0.435. The van der Waals surface area contributed by atoms with Crippen molar-refractivity contribution < 1.29 is 19.4 Å². The van der Waals surface area contributed by atoms with Crippen LogP contribution in [0.15, 0.2) is 36.5 Å². The summed E-state index contributed by atoms with van der Waals surface area (Å²) in [5.74, 6) is -0.170. The number of aliphatic hydroxyl groups excluding tert-OH is 2. The number of halogens is 1. The molecule has 3 aromatic rings. The first-order chi connectivity index (χ1) is 16.0. The van der Waals surface area contributed by atoms with E-state index in [9.17, 15) is 14.3 Å². The fourth-order valence-electron chi connectivity index (χ4n) is 4.76. The van der Waals surface area contributed by atoms with Gasteiger partial charge in [0.05, 0.1) is 29.0 Å². The third kappa shape index (κ3) is 4.50. The number of carbonyl (C=O) groups is 1. The molecule has 6 rings (SSSR count). The van der Waals surface area contributed by atoms with Gasteiger partial charge in [-0.3, -0.25) is 5.32 Å². The molecule has 0 spiro atoms. The van der Waals surface area contributed by atoms with E-state index >= 15 is 0 Å². The number of aromatic nitrogens is 2. The van der Waals surface area contributed by atoms with Gasteiger partial charge in [0, 0.05) is 31.7 Å². The number of hydrogen-bond acceptors (Lipinski definition) is 7. The second-order valence-corrected chi connectivity index (χ2v) is 9.68. The van der Waals surface area contributed by atoms with Gasteiger partial charge in [0.25, 0.3) is 0 Å². The van der Waals surface area contributed by atoms with E-state index in [2.05, 4.69) is 15.3 Å². The molecule has 3 saturated heterocycles. The van der Waals surface area contributed by atoms with Gasteiger partial charge in [0.15, 0.2) is 16.8 Å². The van der Waals surface area contributed by atoms with Gasteiger partial charge in [-0.05, 0) is 43.0 Å². The third-order valence-electron chi connectivity index (χ3n) is 6.37. The van der Waals surface area contributed by atoms with Crippen molar-refractivity contribution in [3.05, 3.63) is 47.9 Å². The van der Waals surface area contributed by atoms with Crippen molar-refractivity contribution >= 4 is 38.5 Å². The summed E-state index contributed by atoms with van der Waals surface area (Å²) in [4.78, 5) is 25.8. The minimum Gasteiger partial charge on any atom is -0.394 e. The fourth-order valence-corrected chi connectivity index (χ4v) is 5.62. The van der Waals surface area contributed by atoms with Crippen molar-refractivity contribution in [3.8, 4) is 0 Å². The Hall–Kier alpha value is -2.82. The van der Waals surface area contributed by atoms with Gasteiger partial charge >= 0.3 is 6.03 Å². The Morgan fingerprint density at radius 2 is 2.09 bits per heavy atom. The Kier molecular flexibility index (Phi) is 6.13. The zero-order chi connectivity index (χ0) is 22.9. The number of rotatable bonds is 5. The number of benzene rings is 1. The van der Waals surface area contributed by atoms with Gasteiger partial charge < -0.3 is 20.0 Å². The number of fused-ring (bicyclic) bond motifs is 5. The van der Waals surface area contributed by atoms with Crippen LogP contribution in [0.4, 0.5) is 20.1 Å². The van der Waals surface area contributed by atoms with E-state index in [1.54, 1.807) is 6.20 Å². The molecule has 0 saturated carbocycles. The summed E-state index contributed by atoms with van der Waals surface area (Å²) in [6, 6.07) is 8.89. The minimum absolute atomic E-state index is 0.0271. The van der Waals surface area contributed by atoms with E-state index in [1.165, 1.54) is 17.4 Å². The molecule has 174 valence electrons. The van der Waals surface area contributed by atoms with Gasteiger partial charge in [-0.15, -0.1) is 0 Å². The van der Waals surface area contributed by atoms with Crippen LogP contribution in [-0.2, 0) is 6.42 Å². The van der Waals surface area contributed by atoms with Crippen molar-refractivity contribution in [3.63, 3.8) is 0 Å². The molecule has 5 heterocycles. The third-order valence-corrected chi connectivity index (χ3v) is 7.32. The number of carbonyl (C=O) groups excluding carboxylic acids is 1. The Bertz CT molecular complexity index is 1130. The van der Waals surface area contributed by atoms with Gasteiger partial charge in [-0.25, -0.2) is 19.2 Å². The quantitative estimate of drug-likeness (QED) is 0.529. The highest BCUT2D eigenvalue weighted by Crippen LogP contribution is 2.33. The number of amides is 2. The van der Waals surface area contributed by atoms with Crippen molar-refractivity contribution in [2.75, 3.05) is 29.9 Å². The highest BCUT2D eigenvalue weighted by molar-refractivity contribution is 7.22. The van der Waals surface area contributed by atoms with Crippen LogP contribution in [0.25, 0.3) is 10.2 Å². The highest BCUT2D eigenvalue weighted by atomic mass is 32.1. The number of piperazine rings is 1. The van der Waals surface area contributed by atoms with Crippen LogP contribution in [0.2, 0.25) is 0 Å². The van der Waals surface area contributed by atoms with E-state index in [4.69, 9.17) is 5.11 Å². The summed E-state index contributed by atoms with van der Waals surface area (Å²) < 4.78 is 16.0. The lowest BCUT2D eigenvalue weighted by molar-refractivity contribution is 0.0954. The topological polar surface area (TPSA) is 102 Å². The number of urea groups is 1. The molecule has 3 aliphatic rings. The maximum absolute atomic E-state index is 14.9. The van der Waals surface area contributed by atoms with E-state index < -0.39 is 11.9 Å². The van der Waals surface area contributed by atoms with Gasteiger partial charge in [0.2, 0.25) is 0 Å². The Labute approximate surface area is 194 Å². The summed E-state index contributed by atoms with van der Waals surface area (Å²) in [5, 5.41) is 22.2. The number of para-hydroxylation sites is 1. The molecule has 0 radical (unpaired) electrons. The summed E-state index contributed by atoms with van der Waals surface area (Å²) in [6.45, 7) is 0.627. The lowest BCUT2D eigenvalue weighted by Gasteiger charge is -2.44. The van der Waals surface area contributed by atoms with E-state index in [-0.39, 0.29) is 37.0 Å². The first-order valence-corrected chi connectivity index (χ1v) is 12.0. The standard InChI is InChI=1S/C23H26FN5O3S/c24-18-9-14(8-17(31)13-30)10-25-21(18)28-11-16-5-3-4-15(28)12-29(16)23(32)27-22-26-19-6-1-2-7-20(19)33-22/h1-2,6-7,9-10,15-17,30-31H,3-5,8,11-13H2,(H,26,27,32). The molecule has 2 aromatic heterocycles. The molecule has 3 fully saturated rings. The summed E-state index contributed by atoms with van der Waals surface area (Å²) >= 11 is 1.45. The largest absolute Gasteiger partial charge is 0.394 e. The molecular formula is C23H26FN5O3S. The van der Waals surface area contributed by atoms with Crippen molar-refractivity contribution in [2.45, 2.75) is 43.9 Å². The smallest absolute Gasteiger partial charge is 0.324 e. The molecule has 2 amide bonds. The lowest BCUT2D eigenvalue weighted by atomic mass is 10.1. The maximum atomic E-state index is 14.9. The van der Waals surface area contributed by atoms with Crippen LogP contribution < -0.4 is 10.2 Å². The highest BCUT2D eigenvalue weighted by Gasteiger charge is 2.40. The van der Waals surface area contributed by atoms with Crippen LogP contribution in [0.3, 0.4) is 0 Å². The second kappa shape index (κ2) is 9.20. The SMILES string of the molecule is O=C(Nc1nc2ccccc2s1)N1CC2CCCC1CN2c1ncc(CC(O)CO)cc1F. The summed E-state index contributed by atoms with van der Waals surface area (Å²) in [7, 11) is 0. The lowest BCUT2D eigenvalue weighted by Crippen LogP contribution is -2.59. The first kappa shape index (κ1) is 22.0. The Morgan fingerprint density at radius 3 is 2.88 bits per heavy atom. The predicted molar refractivity (Wildman–Crippen MR) is 125 cm³/mol. The van der Waals surface area contributed by atoms with E-state index in [0.717, 1.165) is 29.5 Å². The molecule has 2 bridgehead atoms. The number of hydrogen-bond donors (Lipinski definition) is 3. The van der Waals surface area contributed by atoms with Gasteiger partial charge in [-0.1, -0.05) is 23.5 Å². The number of anilines is 2. The summed E-state index contributed by atoms with van der Waals surface area (Å²) in [5.41, 5.74) is 1.40.